The number of rotatable bonds is 5. The third-order valence-corrected chi connectivity index (χ3v) is 3.97. The number of carbonyl (C=O) groups is 2. The number of carbonyl (C=O) groups excluding carboxylic acids is 2. The number of nitrogens with zero attached hydrogens (tertiary/aromatic N) is 2. The van der Waals surface area contributed by atoms with E-state index in [9.17, 15) is 18.4 Å². The molecular formula is C19H17F2N3O3. The maximum atomic E-state index is 14.4. The van der Waals surface area contributed by atoms with E-state index in [1.807, 2.05) is 0 Å². The highest BCUT2D eigenvalue weighted by molar-refractivity contribution is 5.90. The maximum Gasteiger partial charge on any atom is 0.414 e. The first-order valence-electron chi connectivity index (χ1n) is 8.24. The zero-order chi connectivity index (χ0) is 19.4. The minimum Gasteiger partial charge on any atom is -0.442 e. The van der Waals surface area contributed by atoms with Crippen molar-refractivity contribution in [1.82, 2.24) is 10.3 Å². The van der Waals surface area contributed by atoms with Crippen LogP contribution in [0.4, 0.5) is 19.3 Å². The fraction of sp³-hybridized carbons (Fsp3) is 0.211. The summed E-state index contributed by atoms with van der Waals surface area (Å²) in [6.07, 6.45) is 2.77. The first-order chi connectivity index (χ1) is 12.9. The van der Waals surface area contributed by atoms with E-state index < -0.39 is 23.8 Å². The van der Waals surface area contributed by atoms with E-state index in [-0.39, 0.29) is 30.1 Å². The van der Waals surface area contributed by atoms with Gasteiger partial charge in [-0.1, -0.05) is 0 Å². The molecule has 1 atom stereocenters. The molecule has 140 valence electrons. The Morgan fingerprint density at radius 2 is 2.26 bits per heavy atom. The molecule has 2 heterocycles. The summed E-state index contributed by atoms with van der Waals surface area (Å²) < 4.78 is 33.7. The molecule has 8 heteroatoms. The molecule has 2 aromatic rings. The van der Waals surface area contributed by atoms with Crippen molar-refractivity contribution in [1.29, 1.82) is 0 Å². The van der Waals surface area contributed by atoms with Crippen LogP contribution in [0.1, 0.15) is 18.1 Å². The Hall–Kier alpha value is -3.29. The lowest BCUT2D eigenvalue weighted by Crippen LogP contribution is -2.33. The molecule has 1 N–H and O–H groups in total. The van der Waals surface area contributed by atoms with Crippen molar-refractivity contribution in [3.8, 4) is 0 Å². The van der Waals surface area contributed by atoms with Crippen molar-refractivity contribution in [2.45, 2.75) is 13.0 Å². The van der Waals surface area contributed by atoms with Crippen LogP contribution in [0, 0.1) is 5.82 Å². The Labute approximate surface area is 154 Å². The van der Waals surface area contributed by atoms with Crippen molar-refractivity contribution in [2.24, 2.45) is 0 Å². The molecule has 1 aliphatic heterocycles. The molecule has 6 nitrogen and oxygen atoms in total. The number of cyclic esters (lactones) is 1. The van der Waals surface area contributed by atoms with Crippen molar-refractivity contribution >= 4 is 29.6 Å². The lowest BCUT2D eigenvalue weighted by Gasteiger charge is -2.14. The molecular weight excluding hydrogens is 356 g/mol. The van der Waals surface area contributed by atoms with Gasteiger partial charge < -0.3 is 10.1 Å². The zero-order valence-electron chi connectivity index (χ0n) is 14.5. The minimum atomic E-state index is -0.676. The standard InChI is InChI=1S/C19H17F2N3O3/c1-12(25)23-10-16-11-24(19(26)27-16)15-5-4-13(18(21)8-15)7-17(20)14-3-2-6-22-9-14/h2-9,16H,10-11H2,1H3,(H,23,25)/b17-7-/t16-/m1/s1. The lowest BCUT2D eigenvalue weighted by molar-refractivity contribution is -0.119. The topological polar surface area (TPSA) is 71.5 Å². The summed E-state index contributed by atoms with van der Waals surface area (Å²) in [5, 5.41) is 2.57. The van der Waals surface area contributed by atoms with Gasteiger partial charge in [-0.15, -0.1) is 0 Å². The molecule has 1 fully saturated rings. The second-order valence-electron chi connectivity index (χ2n) is 5.99. The van der Waals surface area contributed by atoms with E-state index in [0.717, 1.165) is 12.1 Å². The van der Waals surface area contributed by atoms with E-state index in [1.165, 1.54) is 42.4 Å². The fourth-order valence-corrected chi connectivity index (χ4v) is 2.62. The van der Waals surface area contributed by atoms with Gasteiger partial charge in [0.2, 0.25) is 5.91 Å². The van der Waals surface area contributed by atoms with E-state index in [4.69, 9.17) is 4.74 Å². The minimum absolute atomic E-state index is 0.0439. The SMILES string of the molecule is CC(=O)NC[C@@H]1CN(c2ccc(/C=C(\F)c3cccnc3)c(F)c2)C(=O)O1. The van der Waals surface area contributed by atoms with Crippen LogP contribution in [0.3, 0.4) is 0 Å². The van der Waals surface area contributed by atoms with Crippen LogP contribution < -0.4 is 10.2 Å². The highest BCUT2D eigenvalue weighted by atomic mass is 19.1. The molecule has 2 amide bonds. The summed E-state index contributed by atoms with van der Waals surface area (Å²) in [5.41, 5.74) is 0.578. The Kier molecular flexibility index (Phi) is 5.44. The van der Waals surface area contributed by atoms with Crippen LogP contribution in [-0.4, -0.2) is 36.2 Å². The van der Waals surface area contributed by atoms with Gasteiger partial charge in [-0.25, -0.2) is 13.6 Å². The van der Waals surface area contributed by atoms with E-state index in [1.54, 1.807) is 6.07 Å². The molecule has 0 radical (unpaired) electrons. The summed E-state index contributed by atoms with van der Waals surface area (Å²) >= 11 is 0. The van der Waals surface area contributed by atoms with Gasteiger partial charge in [0.1, 0.15) is 17.7 Å². The largest absolute Gasteiger partial charge is 0.442 e. The number of anilines is 1. The first-order valence-corrected chi connectivity index (χ1v) is 8.24. The Balaban J connectivity index is 1.75. The second kappa shape index (κ2) is 7.94. The number of nitrogens with one attached hydrogen (secondary N) is 1. The molecule has 1 aromatic heterocycles. The highest BCUT2D eigenvalue weighted by Gasteiger charge is 2.32. The number of benzene rings is 1. The highest BCUT2D eigenvalue weighted by Crippen LogP contribution is 2.26. The first kappa shape index (κ1) is 18.5. The van der Waals surface area contributed by atoms with Gasteiger partial charge in [-0.2, -0.15) is 0 Å². The molecule has 1 saturated heterocycles. The van der Waals surface area contributed by atoms with Crippen LogP contribution >= 0.6 is 0 Å². The average molecular weight is 373 g/mol. The van der Waals surface area contributed by atoms with Gasteiger partial charge in [0.05, 0.1) is 18.8 Å². The quantitative estimate of drug-likeness (QED) is 0.874. The molecule has 27 heavy (non-hydrogen) atoms. The van der Waals surface area contributed by atoms with Crippen LogP contribution in [0.2, 0.25) is 0 Å². The third kappa shape index (κ3) is 4.46. The van der Waals surface area contributed by atoms with Gasteiger partial charge in [0.25, 0.3) is 0 Å². The predicted octanol–water partition coefficient (Wildman–Crippen LogP) is 3.15. The van der Waals surface area contributed by atoms with Crippen molar-refractivity contribution < 1.29 is 23.1 Å². The predicted molar refractivity (Wildman–Crippen MR) is 95.9 cm³/mol. The average Bonchev–Trinajstić information content (AvgIpc) is 3.03. The van der Waals surface area contributed by atoms with Crippen molar-refractivity contribution in [2.75, 3.05) is 18.0 Å². The molecule has 0 unspecified atom stereocenters. The van der Waals surface area contributed by atoms with Crippen LogP contribution in [0.25, 0.3) is 11.9 Å². The monoisotopic (exact) mass is 373 g/mol. The molecule has 1 aliphatic rings. The second-order valence-corrected chi connectivity index (χ2v) is 5.99. The Bertz CT molecular complexity index is 887. The van der Waals surface area contributed by atoms with E-state index in [2.05, 4.69) is 10.3 Å². The van der Waals surface area contributed by atoms with Gasteiger partial charge >= 0.3 is 6.09 Å². The number of aromatic nitrogens is 1. The van der Waals surface area contributed by atoms with Crippen molar-refractivity contribution in [3.63, 3.8) is 0 Å². The molecule has 3 rings (SSSR count). The van der Waals surface area contributed by atoms with E-state index in [0.29, 0.717) is 5.69 Å². The summed E-state index contributed by atoms with van der Waals surface area (Å²) in [6.45, 7) is 1.72. The van der Waals surface area contributed by atoms with Crippen LogP contribution in [0.15, 0.2) is 42.7 Å². The fourth-order valence-electron chi connectivity index (χ4n) is 2.62. The molecule has 0 aliphatic carbocycles. The zero-order valence-corrected chi connectivity index (χ0v) is 14.5. The Morgan fingerprint density at radius 3 is 2.93 bits per heavy atom. The smallest absolute Gasteiger partial charge is 0.414 e. The molecule has 0 spiro atoms. The number of ether oxygens (including phenoxy) is 1. The molecule has 0 bridgehead atoms. The lowest BCUT2D eigenvalue weighted by atomic mass is 10.1. The summed E-state index contributed by atoms with van der Waals surface area (Å²) in [4.78, 5) is 28.0. The number of hydrogen-bond acceptors (Lipinski definition) is 4. The van der Waals surface area contributed by atoms with Crippen molar-refractivity contribution in [3.05, 3.63) is 59.7 Å². The third-order valence-electron chi connectivity index (χ3n) is 3.97. The van der Waals surface area contributed by atoms with Gasteiger partial charge in [0.15, 0.2) is 0 Å². The number of pyridine rings is 1. The number of halogens is 2. The summed E-state index contributed by atoms with van der Waals surface area (Å²) in [6, 6.07) is 7.14. The van der Waals surface area contributed by atoms with Crippen LogP contribution in [-0.2, 0) is 9.53 Å². The molecule has 0 saturated carbocycles. The summed E-state index contributed by atoms with van der Waals surface area (Å²) in [5.74, 6) is -1.53. The van der Waals surface area contributed by atoms with E-state index >= 15 is 0 Å². The number of amides is 2. The summed E-state index contributed by atoms with van der Waals surface area (Å²) in [7, 11) is 0. The molecule has 1 aromatic carbocycles. The van der Waals surface area contributed by atoms with Crippen LogP contribution in [0.5, 0.6) is 0 Å². The normalized spacial score (nSPS) is 17.0. The number of hydrogen-bond donors (Lipinski definition) is 1. The van der Waals surface area contributed by atoms with Gasteiger partial charge in [-0.3, -0.25) is 14.7 Å². The Morgan fingerprint density at radius 1 is 1.44 bits per heavy atom. The van der Waals surface area contributed by atoms with Gasteiger partial charge in [-0.05, 0) is 36.4 Å². The maximum absolute atomic E-state index is 14.4. The van der Waals surface area contributed by atoms with Gasteiger partial charge in [0, 0.05) is 30.4 Å².